The van der Waals surface area contributed by atoms with E-state index in [1.54, 1.807) is 7.05 Å². The zero-order valence-electron chi connectivity index (χ0n) is 14.0. The molecule has 0 saturated heterocycles. The van der Waals surface area contributed by atoms with Crippen molar-refractivity contribution in [2.75, 3.05) is 7.05 Å². The van der Waals surface area contributed by atoms with Crippen LogP contribution in [0.2, 0.25) is 0 Å². The molecule has 1 atom stereocenters. The molecule has 118 valence electrons. The first-order chi connectivity index (χ1) is 10.1. The Kier molecular flexibility index (Phi) is 10.1. The van der Waals surface area contributed by atoms with Crippen molar-refractivity contribution in [3.05, 3.63) is 35.4 Å². The van der Waals surface area contributed by atoms with E-state index in [1.807, 2.05) is 58.9 Å². The molecule has 0 aromatic heterocycles. The van der Waals surface area contributed by atoms with Crippen LogP contribution in [0.1, 0.15) is 45.7 Å². The molecule has 0 bridgehead atoms. The topological polar surface area (TPSA) is 50.7 Å². The summed E-state index contributed by atoms with van der Waals surface area (Å²) in [6.07, 6.45) is 1.70. The van der Waals surface area contributed by atoms with E-state index in [1.165, 1.54) is 0 Å². The van der Waals surface area contributed by atoms with Gasteiger partial charge in [0, 0.05) is 0 Å². The van der Waals surface area contributed by atoms with Gasteiger partial charge in [-0.2, -0.15) is 0 Å². The second-order valence-corrected chi connectivity index (χ2v) is 4.76. The fourth-order valence-electron chi connectivity index (χ4n) is 1.59. The minimum absolute atomic E-state index is 0.0817. The molecule has 1 rings (SSSR count). The molecule has 0 fully saturated rings. The highest BCUT2D eigenvalue weighted by Gasteiger charge is 2.06. The lowest BCUT2D eigenvalue weighted by molar-refractivity contribution is -0.109. The number of oxime groups is 1. The fourth-order valence-corrected chi connectivity index (χ4v) is 1.59. The van der Waals surface area contributed by atoms with E-state index in [0.717, 1.165) is 23.1 Å². The van der Waals surface area contributed by atoms with Crippen LogP contribution in [0.15, 0.2) is 29.4 Å². The maximum atomic E-state index is 10.8. The van der Waals surface area contributed by atoms with Crippen LogP contribution >= 0.6 is 0 Å². The first kappa shape index (κ1) is 19.3. The summed E-state index contributed by atoms with van der Waals surface area (Å²) in [6.45, 7) is 9.80. The highest BCUT2D eigenvalue weighted by Crippen LogP contribution is 2.08. The summed E-state index contributed by atoms with van der Waals surface area (Å²) in [5.41, 5.74) is 2.99. The van der Waals surface area contributed by atoms with Gasteiger partial charge in [-0.05, 0) is 45.4 Å². The number of nitrogens with zero attached hydrogens (tertiary/aromatic N) is 1. The van der Waals surface area contributed by atoms with Gasteiger partial charge >= 0.3 is 0 Å². The lowest BCUT2D eigenvalue weighted by Gasteiger charge is -2.09. The molecule has 1 unspecified atom stereocenters. The predicted molar refractivity (Wildman–Crippen MR) is 88.8 cm³/mol. The largest absolute Gasteiger partial charge is 0.393 e. The van der Waals surface area contributed by atoms with Crippen molar-refractivity contribution in [2.45, 2.75) is 53.2 Å². The fraction of sp³-hybridized carbons (Fsp3) is 0.529. The van der Waals surface area contributed by atoms with E-state index in [-0.39, 0.29) is 12.1 Å². The Bertz CT molecular complexity index is 425. The van der Waals surface area contributed by atoms with Crippen LogP contribution in [0.4, 0.5) is 0 Å². The minimum Gasteiger partial charge on any atom is -0.393 e. The Balaban J connectivity index is 0.00000191. The molecule has 1 aromatic carbocycles. The maximum absolute atomic E-state index is 10.8. The van der Waals surface area contributed by atoms with E-state index >= 15 is 0 Å². The molecule has 21 heavy (non-hydrogen) atoms. The third-order valence-corrected chi connectivity index (χ3v) is 2.76. The zero-order valence-corrected chi connectivity index (χ0v) is 14.0. The summed E-state index contributed by atoms with van der Waals surface area (Å²) in [5, 5.41) is 7.02. The second-order valence-electron chi connectivity index (χ2n) is 4.76. The van der Waals surface area contributed by atoms with Gasteiger partial charge in [0.1, 0.15) is 12.4 Å². The molecule has 4 heteroatoms. The molecule has 0 amide bonds. The number of carbonyl (C=O) groups excluding carboxylic acids is 1. The molecule has 4 nitrogen and oxygen atoms in total. The lowest BCUT2D eigenvalue weighted by Crippen LogP contribution is -2.28. The highest BCUT2D eigenvalue weighted by molar-refractivity contribution is 5.98. The summed E-state index contributed by atoms with van der Waals surface area (Å²) in [7, 11) is 1.79. The monoisotopic (exact) mass is 292 g/mol. The van der Waals surface area contributed by atoms with Crippen LogP contribution in [0.5, 0.6) is 0 Å². The molecule has 0 radical (unpaired) electrons. The first-order valence-corrected chi connectivity index (χ1v) is 7.49. The number of benzene rings is 1. The molecule has 0 aliphatic heterocycles. The smallest absolute Gasteiger partial charge is 0.137 e. The van der Waals surface area contributed by atoms with E-state index in [4.69, 9.17) is 4.84 Å². The van der Waals surface area contributed by atoms with Crippen LogP contribution in [-0.4, -0.2) is 31.2 Å². The summed E-state index contributed by atoms with van der Waals surface area (Å²) in [5.74, 6) is 0. The van der Waals surface area contributed by atoms with Gasteiger partial charge in [0.15, 0.2) is 0 Å². The van der Waals surface area contributed by atoms with Crippen molar-refractivity contribution in [2.24, 2.45) is 5.16 Å². The number of carbonyl (C=O) groups is 1. The first-order valence-electron chi connectivity index (χ1n) is 7.49. The molecule has 0 heterocycles. The number of rotatable bonds is 7. The van der Waals surface area contributed by atoms with E-state index < -0.39 is 0 Å². The van der Waals surface area contributed by atoms with E-state index in [2.05, 4.69) is 10.5 Å². The molecular weight excluding hydrogens is 264 g/mol. The maximum Gasteiger partial charge on any atom is 0.137 e. The zero-order chi connectivity index (χ0) is 16.3. The van der Waals surface area contributed by atoms with Crippen LogP contribution in [-0.2, 0) is 16.1 Å². The number of likely N-dealkylation sites (N-methyl/N-ethyl adjacent to an activating group) is 1. The number of hydrogen-bond acceptors (Lipinski definition) is 4. The van der Waals surface area contributed by atoms with Crippen LogP contribution in [0.25, 0.3) is 0 Å². The molecule has 0 saturated carbocycles. The molecule has 1 N–H and O–H groups in total. The highest BCUT2D eigenvalue weighted by atomic mass is 16.6. The average molecular weight is 292 g/mol. The molecule has 0 aliphatic carbocycles. The van der Waals surface area contributed by atoms with Gasteiger partial charge < -0.3 is 14.9 Å². The van der Waals surface area contributed by atoms with Crippen LogP contribution < -0.4 is 5.32 Å². The summed E-state index contributed by atoms with van der Waals surface area (Å²) >= 11 is 0. The van der Waals surface area contributed by atoms with Crippen molar-refractivity contribution in [3.63, 3.8) is 0 Å². The number of hydrogen-bond donors (Lipinski definition) is 1. The van der Waals surface area contributed by atoms with Gasteiger partial charge in [-0.1, -0.05) is 43.3 Å². The second kappa shape index (κ2) is 11.0. The van der Waals surface area contributed by atoms with Gasteiger partial charge in [0.05, 0.1) is 11.8 Å². The normalized spacial score (nSPS) is 12.4. The Hall–Kier alpha value is -1.68. The lowest BCUT2D eigenvalue weighted by atomic mass is 10.0. The quantitative estimate of drug-likeness (QED) is 0.477. The van der Waals surface area contributed by atoms with Gasteiger partial charge in [-0.3, -0.25) is 0 Å². The minimum atomic E-state index is -0.134. The number of aldehydes is 1. The Labute approximate surface area is 128 Å². The van der Waals surface area contributed by atoms with Gasteiger partial charge in [0.2, 0.25) is 0 Å². The van der Waals surface area contributed by atoms with E-state index in [9.17, 15) is 4.79 Å². The summed E-state index contributed by atoms with van der Waals surface area (Å²) in [4.78, 5) is 16.0. The van der Waals surface area contributed by atoms with E-state index in [0.29, 0.717) is 6.42 Å². The molecule has 0 aliphatic rings. The molecular formula is C17H28N2O2. The van der Waals surface area contributed by atoms with Crippen molar-refractivity contribution in [1.82, 2.24) is 5.32 Å². The van der Waals surface area contributed by atoms with Crippen LogP contribution in [0, 0.1) is 0 Å². The predicted octanol–water partition coefficient (Wildman–Crippen LogP) is 3.19. The van der Waals surface area contributed by atoms with Gasteiger partial charge in [-0.25, -0.2) is 0 Å². The van der Waals surface area contributed by atoms with Crippen molar-refractivity contribution in [1.29, 1.82) is 0 Å². The Morgan fingerprint density at radius 1 is 1.29 bits per heavy atom. The van der Waals surface area contributed by atoms with Crippen molar-refractivity contribution in [3.8, 4) is 0 Å². The average Bonchev–Trinajstić information content (AvgIpc) is 2.52. The third-order valence-electron chi connectivity index (χ3n) is 2.76. The molecule has 0 spiro atoms. The third kappa shape index (κ3) is 7.61. The Morgan fingerprint density at radius 3 is 2.29 bits per heavy atom. The molecule has 1 aromatic rings. The summed E-state index contributed by atoms with van der Waals surface area (Å²) in [6, 6.07) is 7.88. The van der Waals surface area contributed by atoms with Gasteiger partial charge in [-0.15, -0.1) is 0 Å². The van der Waals surface area contributed by atoms with Gasteiger partial charge in [0.25, 0.3) is 0 Å². The Morgan fingerprint density at radius 2 is 1.86 bits per heavy atom. The van der Waals surface area contributed by atoms with Crippen molar-refractivity contribution < 1.29 is 9.63 Å². The summed E-state index contributed by atoms with van der Waals surface area (Å²) < 4.78 is 0. The number of nitrogens with one attached hydrogen (secondary N) is 1. The SMILES string of the molecule is CC.CNC(C=O)Cc1ccc(/C(C)=N\OC(C)C)cc1. The van der Waals surface area contributed by atoms with Crippen LogP contribution in [0.3, 0.4) is 0 Å². The standard InChI is InChI=1S/C15H22N2O2.C2H6/c1-11(2)19-17-12(3)14-7-5-13(6-8-14)9-15(10-18)16-4;1-2/h5-8,10-11,15-16H,9H2,1-4H3;1-2H3/b17-12-;. The van der Waals surface area contributed by atoms with Crippen molar-refractivity contribution >= 4 is 12.0 Å².